The number of anilines is 1. The number of hydrogen-bond donors (Lipinski definition) is 0. The Morgan fingerprint density at radius 2 is 1.85 bits per heavy atom. The van der Waals surface area contributed by atoms with Gasteiger partial charge in [0.2, 0.25) is 5.82 Å². The molecule has 8 nitrogen and oxygen atoms in total. The maximum Gasteiger partial charge on any atom is 0.355 e. The van der Waals surface area contributed by atoms with Crippen molar-refractivity contribution >= 4 is 34.9 Å². The Kier molecular flexibility index (Phi) is 5.73. The lowest BCUT2D eigenvalue weighted by molar-refractivity contribution is -0.387. The van der Waals surface area contributed by atoms with Crippen LogP contribution < -0.4 is 4.90 Å². The summed E-state index contributed by atoms with van der Waals surface area (Å²) < 4.78 is 23.4. The largest absolute Gasteiger partial charge is 0.465 e. The van der Waals surface area contributed by atoms with Crippen LogP contribution in [-0.4, -0.2) is 31.1 Å². The summed E-state index contributed by atoms with van der Waals surface area (Å²) in [6.45, 7) is 0. The van der Waals surface area contributed by atoms with E-state index >= 15 is 0 Å². The van der Waals surface area contributed by atoms with E-state index in [2.05, 4.69) is 4.74 Å². The van der Waals surface area contributed by atoms with Gasteiger partial charge in [-0.25, -0.2) is 9.59 Å². The van der Waals surface area contributed by atoms with E-state index in [0.717, 1.165) is 31.3 Å². The SMILES string of the molecule is COC(=O)C1=C(C(=O)OC)N(c2cc(F)c([N+](=O)[O-])cc2Cl)C=CC=C1. The topological polar surface area (TPSA) is 99.0 Å². The minimum Gasteiger partial charge on any atom is -0.465 e. The first-order chi connectivity index (χ1) is 12.3. The Balaban J connectivity index is 2.73. The minimum atomic E-state index is -1.16. The molecule has 0 spiro atoms. The third kappa shape index (κ3) is 3.57. The molecule has 1 aliphatic rings. The average molecular weight is 383 g/mol. The number of allylic oxidation sites excluding steroid dienone is 2. The van der Waals surface area contributed by atoms with Crippen molar-refractivity contribution in [1.82, 2.24) is 0 Å². The Bertz CT molecular complexity index is 878. The molecule has 0 radical (unpaired) electrons. The standard InChI is InChI=1S/C16H12ClFN2O6/c1-25-15(21)9-5-3-4-6-19(14(9)16(22)26-2)12-8-11(18)13(20(23)24)7-10(12)17/h3-8H,1-2H3. The van der Waals surface area contributed by atoms with Gasteiger partial charge in [0.1, 0.15) is 5.70 Å². The van der Waals surface area contributed by atoms with Crippen LogP contribution in [0.1, 0.15) is 0 Å². The molecule has 26 heavy (non-hydrogen) atoms. The number of hydrogen-bond acceptors (Lipinski definition) is 7. The molecule has 0 aromatic heterocycles. The van der Waals surface area contributed by atoms with Crippen LogP contribution in [0.4, 0.5) is 15.8 Å². The molecule has 0 aliphatic carbocycles. The molecule has 0 unspecified atom stereocenters. The smallest absolute Gasteiger partial charge is 0.355 e. The van der Waals surface area contributed by atoms with E-state index in [4.69, 9.17) is 16.3 Å². The van der Waals surface area contributed by atoms with Crippen molar-refractivity contribution < 1.29 is 28.4 Å². The summed E-state index contributed by atoms with van der Waals surface area (Å²) >= 11 is 6.05. The lowest BCUT2D eigenvalue weighted by Crippen LogP contribution is -2.27. The quantitative estimate of drug-likeness (QED) is 0.448. The molecule has 10 heteroatoms. The summed E-state index contributed by atoms with van der Waals surface area (Å²) in [6, 6.07) is 1.60. The van der Waals surface area contributed by atoms with Crippen molar-refractivity contribution in [3.05, 3.63) is 68.8 Å². The van der Waals surface area contributed by atoms with Crippen molar-refractivity contribution in [1.29, 1.82) is 0 Å². The van der Waals surface area contributed by atoms with Gasteiger partial charge in [-0.1, -0.05) is 17.7 Å². The number of carbonyl (C=O) groups is 2. The van der Waals surface area contributed by atoms with Crippen molar-refractivity contribution in [2.75, 3.05) is 19.1 Å². The summed E-state index contributed by atoms with van der Waals surface area (Å²) in [5, 5.41) is 10.6. The fourth-order valence-corrected chi connectivity index (χ4v) is 2.45. The molecular weight excluding hydrogens is 371 g/mol. The van der Waals surface area contributed by atoms with Gasteiger partial charge in [0.05, 0.1) is 35.4 Å². The zero-order chi connectivity index (χ0) is 19.4. The number of benzene rings is 1. The van der Waals surface area contributed by atoms with Crippen molar-refractivity contribution in [3.8, 4) is 0 Å². The Morgan fingerprint density at radius 1 is 1.19 bits per heavy atom. The fourth-order valence-electron chi connectivity index (χ4n) is 2.20. The Labute approximate surface area is 151 Å². The maximum atomic E-state index is 14.1. The molecule has 136 valence electrons. The molecule has 0 saturated carbocycles. The number of esters is 2. The predicted octanol–water partition coefficient (Wildman–Crippen LogP) is 2.88. The molecule has 1 aromatic carbocycles. The van der Waals surface area contributed by atoms with Crippen LogP contribution >= 0.6 is 11.6 Å². The van der Waals surface area contributed by atoms with Crippen LogP contribution in [0.2, 0.25) is 5.02 Å². The van der Waals surface area contributed by atoms with E-state index in [1.165, 1.54) is 24.4 Å². The number of carbonyl (C=O) groups excluding carboxylic acids is 2. The predicted molar refractivity (Wildman–Crippen MR) is 89.9 cm³/mol. The summed E-state index contributed by atoms with van der Waals surface area (Å²) in [5.41, 5.74) is -1.39. The highest BCUT2D eigenvalue weighted by molar-refractivity contribution is 6.33. The summed E-state index contributed by atoms with van der Waals surface area (Å²) in [4.78, 5) is 35.3. The molecule has 0 fully saturated rings. The molecule has 0 saturated heterocycles. The van der Waals surface area contributed by atoms with Crippen LogP contribution in [0.3, 0.4) is 0 Å². The lowest BCUT2D eigenvalue weighted by atomic mass is 10.1. The second-order valence-corrected chi connectivity index (χ2v) is 5.24. The number of methoxy groups -OCH3 is 2. The summed E-state index contributed by atoms with van der Waals surface area (Å²) in [7, 11) is 2.22. The third-order valence-corrected chi connectivity index (χ3v) is 3.66. The molecule has 0 N–H and O–H groups in total. The summed E-state index contributed by atoms with van der Waals surface area (Å²) in [5.74, 6) is -2.92. The number of nitro groups is 1. The van der Waals surface area contributed by atoms with Crippen molar-refractivity contribution in [2.24, 2.45) is 0 Å². The Morgan fingerprint density at radius 3 is 2.42 bits per heavy atom. The van der Waals surface area contributed by atoms with Gasteiger partial charge in [0.25, 0.3) is 0 Å². The number of halogens is 2. The minimum absolute atomic E-state index is 0.100. The van der Waals surface area contributed by atoms with Gasteiger partial charge in [-0.05, 0) is 12.2 Å². The highest BCUT2D eigenvalue weighted by Crippen LogP contribution is 2.36. The number of ether oxygens (including phenoxy) is 2. The van der Waals surface area contributed by atoms with Gasteiger partial charge in [-0.15, -0.1) is 0 Å². The molecule has 1 heterocycles. The number of nitrogens with zero attached hydrogens (tertiary/aromatic N) is 2. The highest BCUT2D eigenvalue weighted by atomic mass is 35.5. The van der Waals surface area contributed by atoms with E-state index in [1.807, 2.05) is 0 Å². The van der Waals surface area contributed by atoms with Gasteiger partial charge < -0.3 is 14.4 Å². The van der Waals surface area contributed by atoms with Gasteiger partial charge in [0.15, 0.2) is 0 Å². The summed E-state index contributed by atoms with van der Waals surface area (Å²) in [6.07, 6.45) is 5.54. The molecule has 1 aliphatic heterocycles. The first-order valence-electron chi connectivity index (χ1n) is 7.00. The van der Waals surface area contributed by atoms with Crippen LogP contribution in [0.5, 0.6) is 0 Å². The average Bonchev–Trinajstić information content (AvgIpc) is 2.84. The molecule has 1 aromatic rings. The normalized spacial score (nSPS) is 13.5. The molecule has 2 rings (SSSR count). The van der Waals surface area contributed by atoms with Crippen LogP contribution in [0.25, 0.3) is 0 Å². The van der Waals surface area contributed by atoms with E-state index in [0.29, 0.717) is 0 Å². The van der Waals surface area contributed by atoms with Gasteiger partial charge in [0, 0.05) is 18.3 Å². The van der Waals surface area contributed by atoms with Crippen molar-refractivity contribution in [2.45, 2.75) is 0 Å². The maximum absolute atomic E-state index is 14.1. The third-order valence-electron chi connectivity index (χ3n) is 3.36. The van der Waals surface area contributed by atoms with E-state index in [-0.39, 0.29) is 22.0 Å². The van der Waals surface area contributed by atoms with E-state index < -0.39 is 28.4 Å². The second-order valence-electron chi connectivity index (χ2n) is 4.83. The molecule has 0 amide bonds. The zero-order valence-electron chi connectivity index (χ0n) is 13.6. The van der Waals surface area contributed by atoms with Crippen LogP contribution in [0.15, 0.2) is 47.8 Å². The number of nitro benzene ring substituents is 1. The lowest BCUT2D eigenvalue weighted by Gasteiger charge is -2.24. The molecular formula is C16H12ClFN2O6. The van der Waals surface area contributed by atoms with Gasteiger partial charge >= 0.3 is 17.6 Å². The first kappa shape index (κ1) is 19.1. The van der Waals surface area contributed by atoms with Crippen molar-refractivity contribution in [3.63, 3.8) is 0 Å². The first-order valence-corrected chi connectivity index (χ1v) is 7.38. The Hall–Kier alpha value is -3.20. The van der Waals surface area contributed by atoms with Crippen LogP contribution in [0, 0.1) is 15.9 Å². The monoisotopic (exact) mass is 382 g/mol. The fraction of sp³-hybridized carbons (Fsp3) is 0.125. The van der Waals surface area contributed by atoms with E-state index in [9.17, 15) is 24.1 Å². The van der Waals surface area contributed by atoms with Gasteiger partial charge in [-0.3, -0.25) is 10.1 Å². The zero-order valence-corrected chi connectivity index (χ0v) is 14.3. The second kappa shape index (κ2) is 7.79. The molecule has 0 atom stereocenters. The van der Waals surface area contributed by atoms with E-state index in [1.54, 1.807) is 0 Å². The molecule has 0 bridgehead atoms. The van der Waals surface area contributed by atoms with Gasteiger partial charge in [-0.2, -0.15) is 4.39 Å². The highest BCUT2D eigenvalue weighted by Gasteiger charge is 2.30. The van der Waals surface area contributed by atoms with Crippen LogP contribution in [-0.2, 0) is 19.1 Å². The number of rotatable bonds is 4.